The van der Waals surface area contributed by atoms with Gasteiger partial charge in [-0.05, 0) is 35.2 Å². The molecular formula is C18H25O4S4+. The summed E-state index contributed by atoms with van der Waals surface area (Å²) < 4.78 is 29.7. The van der Waals surface area contributed by atoms with E-state index in [9.17, 15) is 8.42 Å². The topological polar surface area (TPSA) is 63.6 Å². The Hall–Kier alpha value is -0.640. The fourth-order valence-electron chi connectivity index (χ4n) is 1.74. The van der Waals surface area contributed by atoms with Gasteiger partial charge in [-0.2, -0.15) is 8.42 Å². The van der Waals surface area contributed by atoms with Crippen LogP contribution >= 0.6 is 23.5 Å². The van der Waals surface area contributed by atoms with Crippen molar-refractivity contribution in [2.45, 2.75) is 9.79 Å². The van der Waals surface area contributed by atoms with Crippen molar-refractivity contribution in [2.24, 2.45) is 0 Å². The highest BCUT2D eigenvalue weighted by Crippen LogP contribution is 2.19. The van der Waals surface area contributed by atoms with Crippen LogP contribution in [0.4, 0.5) is 0 Å². The van der Waals surface area contributed by atoms with Crippen LogP contribution in [0.2, 0.25) is 0 Å². The predicted octanol–water partition coefficient (Wildman–Crippen LogP) is 4.25. The van der Waals surface area contributed by atoms with E-state index in [-0.39, 0.29) is 0 Å². The molecule has 2 rings (SSSR count). The van der Waals surface area contributed by atoms with Crippen molar-refractivity contribution in [1.82, 2.24) is 0 Å². The van der Waals surface area contributed by atoms with Crippen molar-refractivity contribution in [2.75, 3.05) is 36.4 Å². The summed E-state index contributed by atoms with van der Waals surface area (Å²) in [5.74, 6) is 5.13. The molecule has 0 unspecified atom stereocenters. The standard InChI is InChI=1S/C17H21S3.CH4O4S/c1-20(14-12-18-16-8-4-2-5-9-16)15-13-19-17-10-6-3-7-11-17;1-5-6(2,3)4/h2-11H,12-15H2,1H3;1H3,(H,2,3,4)/q+1;. The first-order valence-corrected chi connectivity index (χ1v) is 13.2. The molecule has 2 aromatic rings. The second kappa shape index (κ2) is 13.5. The molecule has 0 bridgehead atoms. The van der Waals surface area contributed by atoms with Gasteiger partial charge in [0.25, 0.3) is 0 Å². The van der Waals surface area contributed by atoms with Gasteiger partial charge in [0.15, 0.2) is 0 Å². The van der Waals surface area contributed by atoms with Crippen LogP contribution in [0.15, 0.2) is 70.5 Å². The molecule has 0 saturated carbocycles. The van der Waals surface area contributed by atoms with Crippen LogP contribution in [0.25, 0.3) is 0 Å². The summed E-state index contributed by atoms with van der Waals surface area (Å²) in [6.07, 6.45) is 2.40. The van der Waals surface area contributed by atoms with E-state index < -0.39 is 10.4 Å². The van der Waals surface area contributed by atoms with Crippen molar-refractivity contribution >= 4 is 44.8 Å². The maximum atomic E-state index is 9.33. The number of hydrogen-bond donors (Lipinski definition) is 1. The summed E-state index contributed by atoms with van der Waals surface area (Å²) >= 11 is 3.96. The summed E-state index contributed by atoms with van der Waals surface area (Å²) in [5.41, 5.74) is 0. The summed E-state index contributed by atoms with van der Waals surface area (Å²) in [6, 6.07) is 21.4. The summed E-state index contributed by atoms with van der Waals surface area (Å²) in [4.78, 5) is 2.78. The van der Waals surface area contributed by atoms with E-state index in [1.165, 1.54) is 32.8 Å². The van der Waals surface area contributed by atoms with Crippen LogP contribution in [0, 0.1) is 0 Å². The molecule has 0 saturated heterocycles. The average molecular weight is 434 g/mol. The molecule has 0 spiro atoms. The largest absolute Gasteiger partial charge is 0.397 e. The van der Waals surface area contributed by atoms with Gasteiger partial charge in [0, 0.05) is 21.3 Å². The molecule has 4 nitrogen and oxygen atoms in total. The fraction of sp³-hybridized carbons (Fsp3) is 0.333. The van der Waals surface area contributed by atoms with E-state index in [1.807, 2.05) is 23.5 Å². The summed E-state index contributed by atoms with van der Waals surface area (Å²) in [5, 5.41) is 0. The van der Waals surface area contributed by atoms with Gasteiger partial charge in [-0.25, -0.2) is 0 Å². The Labute approximate surface area is 168 Å². The molecule has 0 heterocycles. The van der Waals surface area contributed by atoms with Crippen LogP contribution in [0.5, 0.6) is 0 Å². The van der Waals surface area contributed by atoms with Gasteiger partial charge in [0.1, 0.15) is 11.5 Å². The normalized spacial score (nSPS) is 11.1. The summed E-state index contributed by atoms with van der Waals surface area (Å²) in [6.45, 7) is 0. The maximum absolute atomic E-state index is 9.33. The van der Waals surface area contributed by atoms with Crippen LogP contribution in [0.1, 0.15) is 0 Å². The van der Waals surface area contributed by atoms with E-state index in [1.54, 1.807) is 0 Å². The molecule has 26 heavy (non-hydrogen) atoms. The molecule has 0 aromatic heterocycles. The molecule has 0 radical (unpaired) electrons. The van der Waals surface area contributed by atoms with E-state index in [2.05, 4.69) is 71.1 Å². The second-order valence-corrected chi connectivity index (χ2v) is 11.0. The highest BCUT2D eigenvalue weighted by Gasteiger charge is 2.10. The molecule has 0 aliphatic carbocycles. The minimum Gasteiger partial charge on any atom is -0.264 e. The molecule has 144 valence electrons. The molecule has 0 amide bonds. The lowest BCUT2D eigenvalue weighted by Crippen LogP contribution is -2.13. The molecule has 0 fully saturated rings. The molecule has 8 heteroatoms. The Bertz CT molecular complexity index is 648. The Morgan fingerprint density at radius 2 is 1.23 bits per heavy atom. The van der Waals surface area contributed by atoms with Crippen molar-refractivity contribution in [3.8, 4) is 0 Å². The van der Waals surface area contributed by atoms with Gasteiger partial charge in [0.05, 0.1) is 13.4 Å². The number of hydrogen-bond acceptors (Lipinski definition) is 5. The zero-order valence-corrected chi connectivity index (χ0v) is 18.2. The first-order chi connectivity index (χ1) is 12.4. The molecular weight excluding hydrogens is 408 g/mol. The van der Waals surface area contributed by atoms with Crippen LogP contribution in [-0.2, 0) is 25.5 Å². The van der Waals surface area contributed by atoms with Gasteiger partial charge in [-0.15, -0.1) is 23.5 Å². The lowest BCUT2D eigenvalue weighted by Gasteiger charge is -2.04. The number of thioether (sulfide) groups is 2. The first-order valence-electron chi connectivity index (χ1n) is 7.88. The fourth-order valence-corrected chi connectivity index (χ4v) is 6.06. The van der Waals surface area contributed by atoms with Crippen molar-refractivity contribution in [3.05, 3.63) is 60.7 Å². The van der Waals surface area contributed by atoms with Gasteiger partial charge in [-0.1, -0.05) is 36.4 Å². The van der Waals surface area contributed by atoms with Crippen molar-refractivity contribution in [3.63, 3.8) is 0 Å². The smallest absolute Gasteiger partial charge is 0.264 e. The third-order valence-corrected chi connectivity index (χ3v) is 7.87. The Morgan fingerprint density at radius 3 is 1.54 bits per heavy atom. The SMILES string of the molecule is COS(=O)(=O)O.C[S+](CCSc1ccccc1)CCSc1ccccc1. The predicted molar refractivity (Wildman–Crippen MR) is 116 cm³/mol. The van der Waals surface area contributed by atoms with Crippen LogP contribution < -0.4 is 0 Å². The van der Waals surface area contributed by atoms with E-state index in [0.717, 1.165) is 7.11 Å². The van der Waals surface area contributed by atoms with Crippen molar-refractivity contribution < 1.29 is 17.2 Å². The Morgan fingerprint density at radius 1 is 0.885 bits per heavy atom. The highest BCUT2D eigenvalue weighted by atomic mass is 32.3. The van der Waals surface area contributed by atoms with Gasteiger partial charge in [0.2, 0.25) is 0 Å². The molecule has 0 aliphatic heterocycles. The van der Waals surface area contributed by atoms with Gasteiger partial charge < -0.3 is 0 Å². The monoisotopic (exact) mass is 433 g/mol. The van der Waals surface area contributed by atoms with Gasteiger partial charge in [-0.3, -0.25) is 8.74 Å². The van der Waals surface area contributed by atoms with Gasteiger partial charge >= 0.3 is 10.4 Å². The van der Waals surface area contributed by atoms with E-state index in [0.29, 0.717) is 10.9 Å². The minimum atomic E-state index is -4.16. The maximum Gasteiger partial charge on any atom is 0.397 e. The zero-order valence-electron chi connectivity index (χ0n) is 14.9. The van der Waals surface area contributed by atoms with E-state index in [4.69, 9.17) is 4.55 Å². The lowest BCUT2D eigenvalue weighted by molar-refractivity contribution is 0.324. The van der Waals surface area contributed by atoms with E-state index >= 15 is 0 Å². The molecule has 1 N–H and O–H groups in total. The average Bonchev–Trinajstić information content (AvgIpc) is 2.63. The molecule has 2 aromatic carbocycles. The third-order valence-electron chi connectivity index (χ3n) is 3.10. The molecule has 0 atom stereocenters. The second-order valence-electron chi connectivity index (χ2n) is 5.11. The number of benzene rings is 2. The number of rotatable bonds is 9. The minimum absolute atomic E-state index is 0.541. The summed E-state index contributed by atoms with van der Waals surface area (Å²) in [7, 11) is -2.75. The van der Waals surface area contributed by atoms with Crippen molar-refractivity contribution in [1.29, 1.82) is 0 Å². The third kappa shape index (κ3) is 12.7. The Kier molecular flexibility index (Phi) is 12.2. The first kappa shape index (κ1) is 23.4. The lowest BCUT2D eigenvalue weighted by atomic mass is 10.4. The van der Waals surface area contributed by atoms with Crippen LogP contribution in [0.3, 0.4) is 0 Å². The highest BCUT2D eigenvalue weighted by molar-refractivity contribution is 8.03. The zero-order chi connectivity index (χ0) is 19.3. The molecule has 0 aliphatic rings. The Balaban J connectivity index is 0.000000487. The quantitative estimate of drug-likeness (QED) is 0.362. The van der Waals surface area contributed by atoms with Crippen LogP contribution in [-0.4, -0.2) is 49.3 Å².